The van der Waals surface area contributed by atoms with Gasteiger partial charge in [-0.1, -0.05) is 73.3 Å². The van der Waals surface area contributed by atoms with Gasteiger partial charge in [-0.2, -0.15) is 0 Å². The molecule has 1 aromatic heterocycles. The van der Waals surface area contributed by atoms with Crippen LogP contribution in [-0.4, -0.2) is 62.3 Å². The number of amides is 1. The Morgan fingerprint density at radius 3 is 2.42 bits per heavy atom. The Morgan fingerprint density at radius 2 is 1.74 bits per heavy atom. The molecule has 3 aromatic rings. The first-order valence-corrected chi connectivity index (χ1v) is 11.7. The molecule has 4 rings (SSSR count). The molecule has 1 aliphatic rings. The number of hydrogen-bond acceptors (Lipinski definition) is 5. The normalized spacial score (nSPS) is 15.7. The van der Waals surface area contributed by atoms with Gasteiger partial charge in [-0.05, 0) is 24.5 Å². The van der Waals surface area contributed by atoms with Crippen molar-refractivity contribution >= 4 is 17.7 Å². The Hall–Kier alpha value is -2.64. The zero-order valence-electron chi connectivity index (χ0n) is 18.1. The van der Waals surface area contributed by atoms with Gasteiger partial charge in [0.2, 0.25) is 11.1 Å². The number of nitrogens with zero attached hydrogens (tertiary/aromatic N) is 4. The lowest BCUT2D eigenvalue weighted by atomic mass is 10.1. The molecular formula is C24H29N5OS. The van der Waals surface area contributed by atoms with Crippen molar-refractivity contribution in [2.45, 2.75) is 37.2 Å². The monoisotopic (exact) mass is 435 g/mol. The van der Waals surface area contributed by atoms with Gasteiger partial charge >= 0.3 is 0 Å². The van der Waals surface area contributed by atoms with Gasteiger partial charge in [0.15, 0.2) is 5.82 Å². The minimum Gasteiger partial charge on any atom is -0.339 e. The molecule has 0 spiro atoms. The van der Waals surface area contributed by atoms with E-state index in [1.807, 2.05) is 17.9 Å². The zero-order valence-corrected chi connectivity index (χ0v) is 18.9. The minimum absolute atomic E-state index is 0.156. The van der Waals surface area contributed by atoms with Gasteiger partial charge in [0.1, 0.15) is 0 Å². The number of H-pyrrole nitrogens is 1. The van der Waals surface area contributed by atoms with Crippen LogP contribution in [0.4, 0.5) is 0 Å². The summed E-state index contributed by atoms with van der Waals surface area (Å²) in [5.41, 5.74) is 3.61. The fourth-order valence-corrected chi connectivity index (χ4v) is 4.57. The van der Waals surface area contributed by atoms with Crippen molar-refractivity contribution in [2.75, 3.05) is 26.2 Å². The van der Waals surface area contributed by atoms with E-state index in [4.69, 9.17) is 0 Å². The largest absolute Gasteiger partial charge is 0.339 e. The van der Waals surface area contributed by atoms with Crippen LogP contribution in [0.1, 0.15) is 25.0 Å². The summed E-state index contributed by atoms with van der Waals surface area (Å²) < 4.78 is 0. The number of hydrogen-bond donors (Lipinski definition) is 1. The molecule has 1 fully saturated rings. The van der Waals surface area contributed by atoms with Crippen LogP contribution in [0, 0.1) is 0 Å². The van der Waals surface area contributed by atoms with Crippen LogP contribution in [-0.2, 0) is 17.8 Å². The zero-order chi connectivity index (χ0) is 21.6. The fourth-order valence-electron chi connectivity index (χ4n) is 3.76. The predicted octanol–water partition coefficient (Wildman–Crippen LogP) is 3.86. The molecular weight excluding hydrogens is 406 g/mol. The molecule has 1 N–H and O–H groups in total. The Kier molecular flexibility index (Phi) is 7.04. The van der Waals surface area contributed by atoms with E-state index in [9.17, 15) is 4.79 Å². The summed E-state index contributed by atoms with van der Waals surface area (Å²) in [7, 11) is 0. The highest BCUT2D eigenvalue weighted by Gasteiger charge is 2.26. The summed E-state index contributed by atoms with van der Waals surface area (Å²) in [6.45, 7) is 8.34. The summed E-state index contributed by atoms with van der Waals surface area (Å²) >= 11 is 1.41. The van der Waals surface area contributed by atoms with Crippen LogP contribution in [0.3, 0.4) is 0 Å². The van der Waals surface area contributed by atoms with Crippen LogP contribution >= 0.6 is 11.8 Å². The summed E-state index contributed by atoms with van der Waals surface area (Å²) in [6, 6.07) is 18.8. The van der Waals surface area contributed by atoms with E-state index in [0.717, 1.165) is 50.5 Å². The van der Waals surface area contributed by atoms with E-state index in [-0.39, 0.29) is 11.2 Å². The number of rotatable bonds is 7. The van der Waals surface area contributed by atoms with Crippen molar-refractivity contribution < 1.29 is 4.79 Å². The number of thioether (sulfide) groups is 1. The van der Waals surface area contributed by atoms with Gasteiger partial charge in [-0.15, -0.1) is 5.10 Å². The highest BCUT2D eigenvalue weighted by molar-refractivity contribution is 8.00. The molecule has 0 bridgehead atoms. The number of carbonyl (C=O) groups is 1. The van der Waals surface area contributed by atoms with Crippen molar-refractivity contribution in [3.63, 3.8) is 0 Å². The van der Waals surface area contributed by atoms with E-state index >= 15 is 0 Å². The molecule has 162 valence electrons. The highest BCUT2D eigenvalue weighted by atomic mass is 32.2. The van der Waals surface area contributed by atoms with E-state index in [2.05, 4.69) is 75.5 Å². The topological polar surface area (TPSA) is 65.1 Å². The van der Waals surface area contributed by atoms with Gasteiger partial charge in [-0.3, -0.25) is 14.8 Å². The maximum atomic E-state index is 12.9. The second kappa shape index (κ2) is 10.1. The summed E-state index contributed by atoms with van der Waals surface area (Å²) in [5, 5.41) is 7.70. The molecule has 0 aliphatic carbocycles. The number of aryl methyl sites for hydroxylation is 1. The van der Waals surface area contributed by atoms with E-state index < -0.39 is 0 Å². The average molecular weight is 436 g/mol. The van der Waals surface area contributed by atoms with Crippen LogP contribution in [0.5, 0.6) is 0 Å². The van der Waals surface area contributed by atoms with Gasteiger partial charge in [0.05, 0.1) is 5.25 Å². The van der Waals surface area contributed by atoms with E-state index in [1.54, 1.807) is 0 Å². The standard InChI is InChI=1S/C24H29N5OS/c1-3-19-9-11-21(12-10-19)22-25-24(27-26-22)31-18(2)23(30)29-15-13-28(14-16-29)17-20-7-5-4-6-8-20/h4-12,18H,3,13-17H2,1-2H3,(H,25,26,27)/t18-/m0/s1. The SMILES string of the molecule is CCc1ccc(-c2nc(S[C@@H](C)C(=O)N3CCN(Cc4ccccc4)CC3)n[nH]2)cc1. The van der Waals surface area contributed by atoms with Crippen molar-refractivity contribution in [3.8, 4) is 11.4 Å². The third kappa shape index (κ3) is 5.54. The lowest BCUT2D eigenvalue weighted by Gasteiger charge is -2.35. The van der Waals surface area contributed by atoms with Gasteiger partial charge in [0.25, 0.3) is 0 Å². The second-order valence-corrected chi connectivity index (χ2v) is 9.17. The molecule has 0 saturated carbocycles. The summed E-state index contributed by atoms with van der Waals surface area (Å²) in [5.74, 6) is 0.891. The molecule has 1 amide bonds. The third-order valence-electron chi connectivity index (χ3n) is 5.66. The first kappa shape index (κ1) is 21.6. The summed E-state index contributed by atoms with van der Waals surface area (Å²) in [6.07, 6.45) is 1.01. The van der Waals surface area contributed by atoms with Gasteiger partial charge in [-0.25, -0.2) is 4.98 Å². The van der Waals surface area contributed by atoms with Crippen molar-refractivity contribution in [1.82, 2.24) is 25.0 Å². The number of aromatic amines is 1. The molecule has 1 atom stereocenters. The van der Waals surface area contributed by atoms with Crippen LogP contribution in [0.25, 0.3) is 11.4 Å². The lowest BCUT2D eigenvalue weighted by molar-refractivity contribution is -0.132. The lowest BCUT2D eigenvalue weighted by Crippen LogP contribution is -2.50. The molecule has 1 saturated heterocycles. The predicted molar refractivity (Wildman–Crippen MR) is 125 cm³/mol. The fraction of sp³-hybridized carbons (Fsp3) is 0.375. The van der Waals surface area contributed by atoms with Crippen LogP contribution in [0.2, 0.25) is 0 Å². The molecule has 2 aromatic carbocycles. The van der Waals surface area contributed by atoms with Gasteiger partial charge < -0.3 is 4.90 Å². The van der Waals surface area contributed by atoms with Crippen molar-refractivity contribution in [2.24, 2.45) is 0 Å². The maximum absolute atomic E-state index is 12.9. The second-order valence-electron chi connectivity index (χ2n) is 7.86. The minimum atomic E-state index is -0.216. The van der Waals surface area contributed by atoms with Gasteiger partial charge in [0, 0.05) is 38.3 Å². The number of benzene rings is 2. The Balaban J connectivity index is 1.28. The number of nitrogens with one attached hydrogen (secondary N) is 1. The van der Waals surface area contributed by atoms with Crippen LogP contribution < -0.4 is 0 Å². The smallest absolute Gasteiger partial charge is 0.235 e. The first-order chi connectivity index (χ1) is 15.1. The average Bonchev–Trinajstić information content (AvgIpc) is 3.28. The number of carbonyl (C=O) groups excluding carboxylic acids is 1. The molecule has 6 nitrogen and oxygen atoms in total. The van der Waals surface area contributed by atoms with Crippen LogP contribution in [0.15, 0.2) is 59.8 Å². The highest BCUT2D eigenvalue weighted by Crippen LogP contribution is 2.24. The number of piperazine rings is 1. The molecule has 1 aliphatic heterocycles. The van der Waals surface area contributed by atoms with E-state index in [1.165, 1.54) is 22.9 Å². The van der Waals surface area contributed by atoms with Crippen molar-refractivity contribution in [1.29, 1.82) is 0 Å². The first-order valence-electron chi connectivity index (χ1n) is 10.9. The van der Waals surface area contributed by atoms with Crippen molar-refractivity contribution in [3.05, 3.63) is 65.7 Å². The summed E-state index contributed by atoms with van der Waals surface area (Å²) in [4.78, 5) is 21.9. The van der Waals surface area contributed by atoms with E-state index in [0.29, 0.717) is 5.16 Å². The molecule has 2 heterocycles. The Labute approximate surface area is 188 Å². The Bertz CT molecular complexity index is 981. The Morgan fingerprint density at radius 1 is 1.03 bits per heavy atom. The number of aromatic nitrogens is 3. The molecule has 7 heteroatoms. The quantitative estimate of drug-likeness (QED) is 0.571. The molecule has 31 heavy (non-hydrogen) atoms. The maximum Gasteiger partial charge on any atom is 0.235 e. The third-order valence-corrected chi connectivity index (χ3v) is 6.61. The molecule has 0 radical (unpaired) electrons. The molecule has 0 unspecified atom stereocenters.